The van der Waals surface area contributed by atoms with Gasteiger partial charge in [0.15, 0.2) is 0 Å². The van der Waals surface area contributed by atoms with E-state index < -0.39 is 5.54 Å². The Morgan fingerprint density at radius 3 is 2.40 bits per heavy atom. The Morgan fingerprint density at radius 1 is 1.33 bits per heavy atom. The van der Waals surface area contributed by atoms with E-state index in [9.17, 15) is 9.59 Å². The van der Waals surface area contributed by atoms with Crippen LogP contribution in [0.2, 0.25) is 0 Å². The lowest BCUT2D eigenvalue weighted by atomic mass is 10.1. The summed E-state index contributed by atoms with van der Waals surface area (Å²) in [5.41, 5.74) is -0.162. The molecule has 15 heavy (non-hydrogen) atoms. The van der Waals surface area contributed by atoms with Crippen molar-refractivity contribution in [2.75, 3.05) is 0 Å². The van der Waals surface area contributed by atoms with Gasteiger partial charge in [-0.25, -0.2) is 4.79 Å². The molecule has 4 nitrogen and oxygen atoms in total. The molecule has 0 spiro atoms. The first-order chi connectivity index (χ1) is 6.91. The van der Waals surface area contributed by atoms with E-state index in [-0.39, 0.29) is 11.2 Å². The minimum atomic E-state index is -0.463. The minimum absolute atomic E-state index is 0.131. The van der Waals surface area contributed by atoms with Gasteiger partial charge >= 0.3 is 5.69 Å². The monoisotopic (exact) mass is 208 g/mol. The first kappa shape index (κ1) is 10.2. The van der Waals surface area contributed by atoms with Crippen LogP contribution in [0.1, 0.15) is 45.1 Å². The van der Waals surface area contributed by atoms with E-state index >= 15 is 0 Å². The second kappa shape index (κ2) is 3.08. The lowest BCUT2D eigenvalue weighted by Gasteiger charge is -2.21. The highest BCUT2D eigenvalue weighted by atomic mass is 16.2. The lowest BCUT2D eigenvalue weighted by Crippen LogP contribution is -2.45. The molecule has 1 heterocycles. The number of nitrogens with one attached hydrogen (secondary N) is 1. The molecule has 0 bridgehead atoms. The third kappa shape index (κ3) is 1.76. The highest BCUT2D eigenvalue weighted by Crippen LogP contribution is 2.37. The van der Waals surface area contributed by atoms with Crippen molar-refractivity contribution < 1.29 is 0 Å². The van der Waals surface area contributed by atoms with Gasteiger partial charge in [-0.3, -0.25) is 9.36 Å². The molecule has 0 atom stereocenters. The largest absolute Gasteiger partial charge is 0.328 e. The van der Waals surface area contributed by atoms with Crippen LogP contribution < -0.4 is 11.2 Å². The number of hydrogen-bond acceptors (Lipinski definition) is 2. The van der Waals surface area contributed by atoms with Crippen molar-refractivity contribution in [3.63, 3.8) is 0 Å². The van der Waals surface area contributed by atoms with Crippen molar-refractivity contribution in [3.8, 4) is 0 Å². The van der Waals surface area contributed by atoms with Crippen LogP contribution in [0.4, 0.5) is 0 Å². The molecule has 1 aliphatic carbocycles. The van der Waals surface area contributed by atoms with Gasteiger partial charge in [-0.15, -0.1) is 0 Å². The molecule has 82 valence electrons. The van der Waals surface area contributed by atoms with Crippen LogP contribution in [-0.4, -0.2) is 9.55 Å². The zero-order valence-electron chi connectivity index (χ0n) is 9.33. The fourth-order valence-electron chi connectivity index (χ4n) is 1.78. The molecule has 1 aromatic heterocycles. The van der Waals surface area contributed by atoms with Crippen molar-refractivity contribution in [2.45, 2.75) is 45.1 Å². The van der Waals surface area contributed by atoms with Crippen LogP contribution in [0, 0.1) is 0 Å². The molecule has 0 radical (unpaired) electrons. The molecule has 1 saturated carbocycles. The van der Waals surface area contributed by atoms with E-state index in [0.29, 0.717) is 5.92 Å². The molecule has 1 aromatic rings. The van der Waals surface area contributed by atoms with Crippen LogP contribution in [0.15, 0.2) is 15.8 Å². The van der Waals surface area contributed by atoms with Crippen molar-refractivity contribution >= 4 is 0 Å². The van der Waals surface area contributed by atoms with E-state index in [1.807, 2.05) is 20.8 Å². The van der Waals surface area contributed by atoms with E-state index in [0.717, 1.165) is 18.4 Å². The van der Waals surface area contributed by atoms with E-state index in [2.05, 4.69) is 4.98 Å². The number of aromatic amines is 1. The number of aromatic nitrogens is 2. The second-order valence-electron chi connectivity index (χ2n) is 5.13. The van der Waals surface area contributed by atoms with Gasteiger partial charge in [-0.2, -0.15) is 0 Å². The maximum atomic E-state index is 12.1. The smallest absolute Gasteiger partial charge is 0.314 e. The van der Waals surface area contributed by atoms with Crippen LogP contribution in [-0.2, 0) is 5.54 Å². The number of hydrogen-bond donors (Lipinski definition) is 1. The standard InChI is InChI=1S/C11H16N2O2/c1-11(2,3)13-9(14)8(7-4-5-7)6-12-10(13)15/h6-7H,4-5H2,1-3H3,(H,12,15). The Bertz CT molecular complexity index is 487. The third-order valence-corrected chi connectivity index (χ3v) is 2.69. The molecule has 1 N–H and O–H groups in total. The average Bonchev–Trinajstić information content (AvgIpc) is 2.84. The van der Waals surface area contributed by atoms with Crippen LogP contribution in [0.25, 0.3) is 0 Å². The molecular formula is C11H16N2O2. The Hall–Kier alpha value is -1.32. The molecule has 0 saturated heterocycles. The summed E-state index contributed by atoms with van der Waals surface area (Å²) in [6.07, 6.45) is 3.70. The van der Waals surface area contributed by atoms with Gasteiger partial charge in [0.1, 0.15) is 0 Å². The Labute approximate surface area is 88.0 Å². The van der Waals surface area contributed by atoms with Gasteiger partial charge in [-0.05, 0) is 39.5 Å². The van der Waals surface area contributed by atoms with Crippen molar-refractivity contribution in [3.05, 3.63) is 32.6 Å². The van der Waals surface area contributed by atoms with Gasteiger partial charge in [0.2, 0.25) is 0 Å². The maximum Gasteiger partial charge on any atom is 0.328 e. The normalized spacial score (nSPS) is 16.7. The van der Waals surface area contributed by atoms with Gasteiger partial charge in [0, 0.05) is 17.3 Å². The second-order valence-corrected chi connectivity index (χ2v) is 5.13. The summed E-state index contributed by atoms with van der Waals surface area (Å²) in [6, 6.07) is 0. The van der Waals surface area contributed by atoms with E-state index in [1.54, 1.807) is 6.20 Å². The zero-order valence-corrected chi connectivity index (χ0v) is 9.33. The Balaban J connectivity index is 2.67. The fourth-order valence-corrected chi connectivity index (χ4v) is 1.78. The van der Waals surface area contributed by atoms with Gasteiger partial charge in [0.05, 0.1) is 0 Å². The van der Waals surface area contributed by atoms with E-state index in [4.69, 9.17) is 0 Å². The number of nitrogens with zero attached hydrogens (tertiary/aromatic N) is 1. The molecule has 0 aliphatic heterocycles. The van der Waals surface area contributed by atoms with Crippen molar-refractivity contribution in [1.82, 2.24) is 9.55 Å². The molecule has 0 unspecified atom stereocenters. The highest BCUT2D eigenvalue weighted by Gasteiger charge is 2.29. The summed E-state index contributed by atoms with van der Waals surface area (Å²) in [7, 11) is 0. The SMILES string of the molecule is CC(C)(C)n1c(=O)[nH]cc(C2CC2)c1=O. The molecule has 0 amide bonds. The van der Waals surface area contributed by atoms with Gasteiger partial charge in [-0.1, -0.05) is 0 Å². The Morgan fingerprint density at radius 2 is 1.93 bits per heavy atom. The molecule has 2 rings (SSSR count). The summed E-state index contributed by atoms with van der Waals surface area (Å²) in [5.74, 6) is 0.364. The predicted octanol–water partition coefficient (Wildman–Crippen LogP) is 1.17. The molecule has 1 fully saturated rings. The molecule has 0 aromatic carbocycles. The first-order valence-corrected chi connectivity index (χ1v) is 5.26. The zero-order chi connectivity index (χ0) is 11.2. The number of H-pyrrole nitrogens is 1. The van der Waals surface area contributed by atoms with Crippen molar-refractivity contribution in [1.29, 1.82) is 0 Å². The maximum absolute atomic E-state index is 12.1. The Kier molecular flexibility index (Phi) is 2.10. The first-order valence-electron chi connectivity index (χ1n) is 5.26. The highest BCUT2D eigenvalue weighted by molar-refractivity contribution is 5.17. The summed E-state index contributed by atoms with van der Waals surface area (Å²) in [6.45, 7) is 5.58. The summed E-state index contributed by atoms with van der Waals surface area (Å²) >= 11 is 0. The lowest BCUT2D eigenvalue weighted by molar-refractivity contribution is 0.364. The average molecular weight is 208 g/mol. The molecule has 1 aliphatic rings. The van der Waals surface area contributed by atoms with Gasteiger partial charge in [0.25, 0.3) is 5.56 Å². The topological polar surface area (TPSA) is 54.9 Å². The number of rotatable bonds is 1. The van der Waals surface area contributed by atoms with Crippen LogP contribution >= 0.6 is 0 Å². The van der Waals surface area contributed by atoms with E-state index in [1.165, 1.54) is 4.57 Å². The van der Waals surface area contributed by atoms with Crippen molar-refractivity contribution in [2.24, 2.45) is 0 Å². The van der Waals surface area contributed by atoms with Crippen LogP contribution in [0.5, 0.6) is 0 Å². The predicted molar refractivity (Wildman–Crippen MR) is 58.3 cm³/mol. The minimum Gasteiger partial charge on any atom is -0.314 e. The quantitative estimate of drug-likeness (QED) is 0.753. The third-order valence-electron chi connectivity index (χ3n) is 2.69. The summed E-state index contributed by atoms with van der Waals surface area (Å²) in [5, 5.41) is 0. The fraction of sp³-hybridized carbons (Fsp3) is 0.636. The molecule has 4 heteroatoms. The molecular weight excluding hydrogens is 192 g/mol. The summed E-state index contributed by atoms with van der Waals surface area (Å²) < 4.78 is 1.31. The van der Waals surface area contributed by atoms with Crippen LogP contribution in [0.3, 0.4) is 0 Å². The summed E-state index contributed by atoms with van der Waals surface area (Å²) in [4.78, 5) is 26.3. The van der Waals surface area contributed by atoms with Gasteiger partial charge < -0.3 is 4.98 Å².